The molecular weight excluding hydrogens is 1650 g/mol. The Bertz CT molecular complexity index is 4370. The number of rotatable bonds is 16. The SMILES string of the molecule is O=c1c2cc(Cl)c(Br)cc2ncn1CC1(C[C@@H]2NCCC[C@H]2O)CN1.O=c1c2cc(Cl)c(Br)cc2ncn1CC1(C[C@@H]2NCCC[C@H]2O)COC1.O=c1c2cc(Cl)c(Br)cc2ncn1CC1(C[C@@H]2NCCC[C@H]2O)N=N1.O=c1c2cc(Cl)c(Br)cc2ncn1CC1(C[C@@H]2NCCC[C@H]2O)NN1. The maximum Gasteiger partial charge on any atom is 0.261 e. The number of fused-ring (bicyclic) bond motifs is 4. The van der Waals surface area contributed by atoms with E-state index in [0.717, 1.165) is 106 Å². The van der Waals surface area contributed by atoms with Crippen LogP contribution in [0.1, 0.15) is 77.0 Å². The molecule has 0 spiro atoms. The number of nitrogens with one attached hydrogen (secondary N) is 7. The third kappa shape index (κ3) is 17.5. The van der Waals surface area contributed by atoms with Gasteiger partial charge in [-0.05, 0) is 203 Å². The minimum atomic E-state index is -0.658. The second-order valence-corrected chi connectivity index (χ2v) is 32.9. The van der Waals surface area contributed by atoms with Crippen LogP contribution in [0.3, 0.4) is 0 Å². The lowest BCUT2D eigenvalue weighted by Crippen LogP contribution is -2.55. The van der Waals surface area contributed by atoms with E-state index < -0.39 is 17.4 Å². The quantitative estimate of drug-likeness (QED) is 0.0415. The summed E-state index contributed by atoms with van der Waals surface area (Å²) in [7, 11) is 0. The Morgan fingerprint density at radius 1 is 0.446 bits per heavy atom. The molecule has 0 aliphatic carbocycles. The lowest BCUT2D eigenvalue weighted by atomic mass is 9.77. The Labute approximate surface area is 633 Å². The smallest absolute Gasteiger partial charge is 0.261 e. The zero-order valence-corrected chi connectivity index (χ0v) is 64.0. The van der Waals surface area contributed by atoms with E-state index in [4.69, 9.17) is 51.1 Å². The molecule has 540 valence electrons. The Morgan fingerprint density at radius 3 is 1.10 bits per heavy atom. The highest BCUT2D eigenvalue weighted by molar-refractivity contribution is 9.11. The van der Waals surface area contributed by atoms with Crippen molar-refractivity contribution >= 4 is 154 Å². The van der Waals surface area contributed by atoms with E-state index in [9.17, 15) is 39.6 Å². The molecule has 0 amide bonds. The van der Waals surface area contributed by atoms with Crippen molar-refractivity contribution in [1.82, 2.24) is 75.6 Å². The van der Waals surface area contributed by atoms with Gasteiger partial charge in [0, 0.05) is 79.9 Å². The fourth-order valence-corrected chi connectivity index (χ4v) is 16.2. The summed E-state index contributed by atoms with van der Waals surface area (Å²) < 4.78 is 14.7. The lowest BCUT2D eigenvalue weighted by molar-refractivity contribution is -0.136. The van der Waals surface area contributed by atoms with Gasteiger partial charge in [0.1, 0.15) is 5.66 Å². The minimum Gasteiger partial charge on any atom is -0.392 e. The van der Waals surface area contributed by atoms with Gasteiger partial charge in [-0.25, -0.2) is 30.8 Å². The molecule has 8 aromatic rings. The summed E-state index contributed by atoms with van der Waals surface area (Å²) >= 11 is 37.9. The maximum absolute atomic E-state index is 12.9. The Kier molecular flexibility index (Phi) is 23.4. The molecule has 9 atom stereocenters. The van der Waals surface area contributed by atoms with Gasteiger partial charge in [0.25, 0.3) is 22.2 Å². The zero-order valence-electron chi connectivity index (χ0n) is 54.6. The average molecular weight is 1730 g/mol. The number of hydrazine groups is 1. The summed E-state index contributed by atoms with van der Waals surface area (Å²) in [6, 6.07) is 13.6. The van der Waals surface area contributed by atoms with E-state index in [0.29, 0.717) is 125 Å². The van der Waals surface area contributed by atoms with E-state index in [-0.39, 0.29) is 75.7 Å². The number of aliphatic hydroxyl groups is 4. The molecule has 34 heteroatoms. The van der Waals surface area contributed by atoms with Crippen molar-refractivity contribution in [3.8, 4) is 0 Å². The Balaban J connectivity index is 0.000000120. The summed E-state index contributed by atoms with van der Waals surface area (Å²) in [4.78, 5) is 68.8. The summed E-state index contributed by atoms with van der Waals surface area (Å²) in [5, 5.41) is 69.8. The normalized spacial score (nSPS) is 26.0. The second-order valence-electron chi connectivity index (χ2n) is 27.9. The summed E-state index contributed by atoms with van der Waals surface area (Å²) in [5.74, 6) is 0. The van der Waals surface area contributed by atoms with Gasteiger partial charge in [-0.15, -0.1) is 0 Å². The molecule has 8 aliphatic rings. The number of hydrogen-bond donors (Lipinski definition) is 11. The largest absolute Gasteiger partial charge is 0.392 e. The van der Waals surface area contributed by atoms with E-state index in [1.54, 1.807) is 81.2 Å². The van der Waals surface area contributed by atoms with Crippen LogP contribution in [0.5, 0.6) is 0 Å². The number of benzene rings is 4. The predicted molar refractivity (Wildman–Crippen MR) is 402 cm³/mol. The monoisotopic (exact) mass is 1720 g/mol. The number of nitrogens with zero attached hydrogens (tertiary/aromatic N) is 10. The topological polar surface area (TPSA) is 368 Å². The van der Waals surface area contributed by atoms with Crippen LogP contribution >= 0.6 is 110 Å². The number of piperidine rings is 4. The van der Waals surface area contributed by atoms with Crippen LogP contribution in [-0.2, 0) is 30.9 Å². The van der Waals surface area contributed by atoms with Gasteiger partial charge in [0.05, 0.1) is 145 Å². The number of halogens is 8. The van der Waals surface area contributed by atoms with Crippen molar-refractivity contribution in [2.24, 2.45) is 15.6 Å². The summed E-state index contributed by atoms with van der Waals surface area (Å²) in [5.41, 5.74) is 6.82. The Morgan fingerprint density at radius 2 is 0.772 bits per heavy atom. The first kappa shape index (κ1) is 74.9. The number of aromatic nitrogens is 8. The zero-order chi connectivity index (χ0) is 71.1. The number of aliphatic hydroxyl groups excluding tert-OH is 4. The molecule has 0 saturated carbocycles. The number of hydrogen-bond acceptors (Lipinski definition) is 22. The van der Waals surface area contributed by atoms with Gasteiger partial charge in [-0.2, -0.15) is 10.2 Å². The van der Waals surface area contributed by atoms with Gasteiger partial charge in [0.15, 0.2) is 0 Å². The molecular formula is C67H77Br4Cl4N17O9. The van der Waals surface area contributed by atoms with Gasteiger partial charge in [0.2, 0.25) is 5.66 Å². The van der Waals surface area contributed by atoms with Crippen molar-refractivity contribution in [2.75, 3.05) is 45.9 Å². The van der Waals surface area contributed by atoms with Gasteiger partial charge < -0.3 is 51.7 Å². The van der Waals surface area contributed by atoms with Crippen molar-refractivity contribution in [3.63, 3.8) is 0 Å². The maximum atomic E-state index is 12.9. The molecule has 11 N–H and O–H groups in total. The van der Waals surface area contributed by atoms with Crippen LogP contribution in [0, 0.1) is 5.41 Å². The predicted octanol–water partition coefficient (Wildman–Crippen LogP) is 7.59. The third-order valence-corrected chi connectivity index (χ3v) is 25.0. The van der Waals surface area contributed by atoms with Gasteiger partial charge in [-0.1, -0.05) is 46.4 Å². The Hall–Kier alpha value is -4.36. The lowest BCUT2D eigenvalue weighted by Gasteiger charge is -2.45. The molecule has 101 heavy (non-hydrogen) atoms. The molecule has 26 nitrogen and oxygen atoms in total. The van der Waals surface area contributed by atoms with Crippen LogP contribution in [0.4, 0.5) is 0 Å². The summed E-state index contributed by atoms with van der Waals surface area (Å²) in [6.45, 7) is 7.44. The first-order valence-electron chi connectivity index (χ1n) is 33.7. The highest BCUT2D eigenvalue weighted by Gasteiger charge is 2.49. The molecule has 16 rings (SSSR count). The molecule has 8 aliphatic heterocycles. The van der Waals surface area contributed by atoms with E-state index in [1.807, 2.05) is 0 Å². The molecule has 1 unspecified atom stereocenters. The molecule has 0 radical (unpaired) electrons. The van der Waals surface area contributed by atoms with Gasteiger partial charge >= 0.3 is 0 Å². The van der Waals surface area contributed by atoms with E-state index in [1.165, 1.54) is 10.9 Å². The molecule has 7 fully saturated rings. The third-order valence-electron chi connectivity index (χ3n) is 20.2. The van der Waals surface area contributed by atoms with Gasteiger partial charge in [-0.3, -0.25) is 37.4 Å². The van der Waals surface area contributed by atoms with Crippen LogP contribution in [-0.4, -0.2) is 170 Å². The minimum absolute atomic E-state index is 0.00534. The summed E-state index contributed by atoms with van der Waals surface area (Å²) in [6.07, 6.45) is 14.8. The average Bonchev–Trinajstić information content (AvgIpc) is 1.17. The fraction of sp³-hybridized carbons (Fsp3) is 0.522. The molecule has 7 saturated heterocycles. The first-order chi connectivity index (χ1) is 48.4. The molecule has 4 aromatic heterocycles. The van der Waals surface area contributed by atoms with Crippen molar-refractivity contribution < 1.29 is 25.2 Å². The van der Waals surface area contributed by atoms with E-state index in [2.05, 4.69) is 131 Å². The van der Waals surface area contributed by atoms with Crippen molar-refractivity contribution in [2.45, 2.75) is 169 Å². The van der Waals surface area contributed by atoms with Crippen LogP contribution in [0.2, 0.25) is 20.1 Å². The number of ether oxygens (including phenoxy) is 1. The van der Waals surface area contributed by atoms with Crippen molar-refractivity contribution in [3.05, 3.63) is 153 Å². The van der Waals surface area contributed by atoms with Crippen molar-refractivity contribution in [1.29, 1.82) is 0 Å². The van der Waals surface area contributed by atoms with Crippen LogP contribution in [0.25, 0.3) is 43.6 Å². The molecule has 12 heterocycles. The van der Waals surface area contributed by atoms with Crippen LogP contribution < -0.4 is 59.7 Å². The van der Waals surface area contributed by atoms with Crippen LogP contribution in [0.15, 0.2) is 121 Å². The highest BCUT2D eigenvalue weighted by Crippen LogP contribution is 2.39. The second kappa shape index (κ2) is 31.6. The highest BCUT2D eigenvalue weighted by atomic mass is 79.9. The van der Waals surface area contributed by atoms with E-state index >= 15 is 0 Å². The molecule has 4 aromatic carbocycles. The molecule has 0 bridgehead atoms. The fourth-order valence-electron chi connectivity index (χ4n) is 14.2. The standard InChI is InChI=1S/C18H21BrClN3O3.C17H20BrClN4O2.C16H19BrClN5O2.C16H17BrClN5O2/c19-12-5-14-11(4-13(12)20)17(25)23(10-22-14)7-18(8-26-9-18)6-15-16(24)2-1-3-21-15;18-11-5-13-10(4-12(11)19)16(25)23(9-21-13)8-17(7-22-17)6-14-15(24)2-1-3-20-14;2*17-10-5-12-9(4-11(10)18)15(25)23(8-20-12)7-16(21-22-16)6-13-14(24)2-1-3-19-13/h4-5,10,15-16,21,24H,1-3,6-9H2;4-5,9,14-15,20,22,24H,1-3,6-8H2;4-5,8,13-14,19,21-22,24H,1-3,6-7H2;4-5,8,13-14,19,24H,1-3,6-7H2/t15-,16+;14-,15+,17?;2*13-,14+/m0000/s1. The first-order valence-corrected chi connectivity index (χ1v) is 38.4.